The normalized spacial score (nSPS) is 13.1. The van der Waals surface area contributed by atoms with Crippen molar-refractivity contribution in [2.45, 2.75) is 45.2 Å². The number of carbonyl (C=O) groups is 1. The highest BCUT2D eigenvalue weighted by Gasteiger charge is 2.14. The van der Waals surface area contributed by atoms with E-state index in [9.17, 15) is 4.79 Å². The summed E-state index contributed by atoms with van der Waals surface area (Å²) < 4.78 is 0. The summed E-state index contributed by atoms with van der Waals surface area (Å²) in [5, 5.41) is 2.89. The minimum absolute atomic E-state index is 0.0704. The third-order valence-electron chi connectivity index (χ3n) is 3.26. The molecular weight excluding hydrogens is 268 g/mol. The number of nitrogens with one attached hydrogen (secondary N) is 1. The van der Waals surface area contributed by atoms with Crippen molar-refractivity contribution in [3.63, 3.8) is 0 Å². The molecule has 112 valence electrons. The smallest absolute Gasteiger partial charge is 0.237 e. The van der Waals surface area contributed by atoms with Gasteiger partial charge in [-0.1, -0.05) is 45.0 Å². The lowest BCUT2D eigenvalue weighted by atomic mass is 9.87. The van der Waals surface area contributed by atoms with Gasteiger partial charge in [0.2, 0.25) is 5.91 Å². The highest BCUT2D eigenvalue weighted by Crippen LogP contribution is 2.22. The lowest BCUT2D eigenvalue weighted by molar-refractivity contribution is -0.122. The van der Waals surface area contributed by atoms with Crippen LogP contribution in [0.2, 0.25) is 0 Å². The Morgan fingerprint density at radius 3 is 2.40 bits per heavy atom. The molecule has 0 spiro atoms. The average molecular weight is 294 g/mol. The van der Waals surface area contributed by atoms with Crippen molar-refractivity contribution in [1.29, 1.82) is 0 Å². The first-order chi connectivity index (χ1) is 9.34. The Morgan fingerprint density at radius 1 is 1.30 bits per heavy atom. The molecule has 0 saturated heterocycles. The minimum Gasteiger partial charge on any atom is -0.351 e. The standard InChI is InChI=1S/C16H26N2OS/c1-16(2,3)13-7-5-12(6-8-13)11-18-15(19)14(17)9-10-20-4/h5-8,14H,9-11,17H2,1-4H3,(H,18,19)/t14-/m0/s1. The molecule has 0 radical (unpaired) electrons. The Labute approximate surface area is 126 Å². The lowest BCUT2D eigenvalue weighted by Gasteiger charge is -2.19. The number of benzene rings is 1. The Bertz CT molecular complexity index is 423. The van der Waals surface area contributed by atoms with Gasteiger partial charge in [-0.2, -0.15) is 11.8 Å². The number of hydrogen-bond acceptors (Lipinski definition) is 3. The topological polar surface area (TPSA) is 55.1 Å². The molecule has 0 heterocycles. The molecule has 1 amide bonds. The second-order valence-electron chi connectivity index (χ2n) is 6.05. The van der Waals surface area contributed by atoms with E-state index < -0.39 is 6.04 Å². The SMILES string of the molecule is CSCC[C@H](N)C(=O)NCc1ccc(C(C)(C)C)cc1. The average Bonchev–Trinajstić information content (AvgIpc) is 2.41. The number of carbonyl (C=O) groups excluding carboxylic acids is 1. The van der Waals surface area contributed by atoms with Crippen molar-refractivity contribution >= 4 is 17.7 Å². The third kappa shape index (κ3) is 5.55. The molecule has 0 aliphatic rings. The van der Waals surface area contributed by atoms with Crippen LogP contribution in [0.4, 0.5) is 0 Å². The van der Waals surface area contributed by atoms with Gasteiger partial charge in [0.15, 0.2) is 0 Å². The molecule has 0 bridgehead atoms. The van der Waals surface area contributed by atoms with Crippen molar-refractivity contribution in [2.24, 2.45) is 5.73 Å². The van der Waals surface area contributed by atoms with Gasteiger partial charge in [0, 0.05) is 6.54 Å². The van der Waals surface area contributed by atoms with E-state index in [4.69, 9.17) is 5.73 Å². The van der Waals surface area contributed by atoms with E-state index in [1.165, 1.54) is 5.56 Å². The molecule has 1 aromatic rings. The fraction of sp³-hybridized carbons (Fsp3) is 0.562. The van der Waals surface area contributed by atoms with E-state index in [1.54, 1.807) is 11.8 Å². The number of nitrogens with two attached hydrogens (primary N) is 1. The Hall–Kier alpha value is -1.00. The minimum atomic E-state index is -0.406. The van der Waals surface area contributed by atoms with E-state index in [0.717, 1.165) is 17.7 Å². The van der Waals surface area contributed by atoms with Crippen molar-refractivity contribution in [3.8, 4) is 0 Å². The van der Waals surface area contributed by atoms with Crippen LogP contribution in [0.25, 0.3) is 0 Å². The first kappa shape index (κ1) is 17.1. The fourth-order valence-corrected chi connectivity index (χ4v) is 2.31. The van der Waals surface area contributed by atoms with E-state index in [-0.39, 0.29) is 11.3 Å². The predicted octanol–water partition coefficient (Wildman–Crippen LogP) is 2.68. The third-order valence-corrected chi connectivity index (χ3v) is 3.90. The Morgan fingerprint density at radius 2 is 1.90 bits per heavy atom. The van der Waals surface area contributed by atoms with E-state index in [0.29, 0.717) is 6.54 Å². The molecule has 0 aliphatic heterocycles. The maximum atomic E-state index is 11.8. The van der Waals surface area contributed by atoms with Crippen LogP contribution >= 0.6 is 11.8 Å². The molecule has 0 aliphatic carbocycles. The first-order valence-corrected chi connectivity index (χ1v) is 8.35. The zero-order chi connectivity index (χ0) is 15.2. The van der Waals surface area contributed by atoms with Crippen molar-refractivity contribution in [1.82, 2.24) is 5.32 Å². The lowest BCUT2D eigenvalue weighted by Crippen LogP contribution is -2.40. The monoisotopic (exact) mass is 294 g/mol. The molecule has 0 saturated carbocycles. The van der Waals surface area contributed by atoms with Crippen molar-refractivity contribution < 1.29 is 4.79 Å². The second-order valence-corrected chi connectivity index (χ2v) is 7.04. The van der Waals surface area contributed by atoms with E-state index in [1.807, 2.05) is 6.26 Å². The van der Waals surface area contributed by atoms with E-state index >= 15 is 0 Å². The van der Waals surface area contributed by atoms with Gasteiger partial charge in [-0.25, -0.2) is 0 Å². The van der Waals surface area contributed by atoms with Gasteiger partial charge in [0.05, 0.1) is 6.04 Å². The maximum Gasteiger partial charge on any atom is 0.237 e. The Balaban J connectivity index is 2.48. The Kier molecular flexibility index (Phi) is 6.56. The molecule has 0 unspecified atom stereocenters. The number of hydrogen-bond donors (Lipinski definition) is 2. The van der Waals surface area contributed by atoms with Crippen LogP contribution in [-0.4, -0.2) is 24.0 Å². The summed E-state index contributed by atoms with van der Waals surface area (Å²) in [6.45, 7) is 7.11. The zero-order valence-corrected chi connectivity index (χ0v) is 13.7. The van der Waals surface area contributed by atoms with Gasteiger partial charge in [-0.05, 0) is 35.0 Å². The van der Waals surface area contributed by atoms with Gasteiger partial charge in [0.1, 0.15) is 0 Å². The predicted molar refractivity (Wildman–Crippen MR) is 88.0 cm³/mol. The molecule has 1 rings (SSSR count). The molecule has 0 fully saturated rings. The van der Waals surface area contributed by atoms with Crippen LogP contribution in [0.3, 0.4) is 0 Å². The maximum absolute atomic E-state index is 11.8. The van der Waals surface area contributed by atoms with Crippen LogP contribution in [0.1, 0.15) is 38.3 Å². The molecule has 3 nitrogen and oxygen atoms in total. The van der Waals surface area contributed by atoms with Crippen LogP contribution in [0.5, 0.6) is 0 Å². The van der Waals surface area contributed by atoms with Crippen molar-refractivity contribution in [2.75, 3.05) is 12.0 Å². The first-order valence-electron chi connectivity index (χ1n) is 6.96. The van der Waals surface area contributed by atoms with Crippen LogP contribution in [-0.2, 0) is 16.8 Å². The highest BCUT2D eigenvalue weighted by molar-refractivity contribution is 7.98. The largest absolute Gasteiger partial charge is 0.351 e. The quantitative estimate of drug-likeness (QED) is 0.848. The summed E-state index contributed by atoms with van der Waals surface area (Å²) in [5.74, 6) is 0.841. The molecule has 0 aromatic heterocycles. The van der Waals surface area contributed by atoms with Gasteiger partial charge in [-0.3, -0.25) is 4.79 Å². The number of rotatable bonds is 6. The summed E-state index contributed by atoms with van der Waals surface area (Å²) in [6.07, 6.45) is 2.73. The van der Waals surface area contributed by atoms with Crippen LogP contribution < -0.4 is 11.1 Å². The fourth-order valence-electron chi connectivity index (χ4n) is 1.82. The number of thioether (sulfide) groups is 1. The highest BCUT2D eigenvalue weighted by atomic mass is 32.2. The zero-order valence-electron chi connectivity index (χ0n) is 12.9. The van der Waals surface area contributed by atoms with Crippen LogP contribution in [0, 0.1) is 0 Å². The molecule has 4 heteroatoms. The van der Waals surface area contributed by atoms with Crippen LogP contribution in [0.15, 0.2) is 24.3 Å². The van der Waals surface area contributed by atoms with Gasteiger partial charge >= 0.3 is 0 Å². The van der Waals surface area contributed by atoms with Gasteiger partial charge in [0.25, 0.3) is 0 Å². The second kappa shape index (κ2) is 7.70. The number of amides is 1. The molecule has 20 heavy (non-hydrogen) atoms. The summed E-state index contributed by atoms with van der Waals surface area (Å²) in [7, 11) is 0. The summed E-state index contributed by atoms with van der Waals surface area (Å²) in [5.41, 5.74) is 8.37. The van der Waals surface area contributed by atoms with Crippen molar-refractivity contribution in [3.05, 3.63) is 35.4 Å². The van der Waals surface area contributed by atoms with E-state index in [2.05, 4.69) is 50.4 Å². The molecule has 3 N–H and O–H groups in total. The van der Waals surface area contributed by atoms with Gasteiger partial charge in [-0.15, -0.1) is 0 Å². The van der Waals surface area contributed by atoms with Gasteiger partial charge < -0.3 is 11.1 Å². The molecule has 1 aromatic carbocycles. The summed E-state index contributed by atoms with van der Waals surface area (Å²) >= 11 is 1.71. The molecule has 1 atom stereocenters. The summed E-state index contributed by atoms with van der Waals surface area (Å²) in [6, 6.07) is 7.96. The molecular formula is C16H26N2OS. The summed E-state index contributed by atoms with van der Waals surface area (Å²) in [4.78, 5) is 11.8.